The van der Waals surface area contributed by atoms with Crippen molar-refractivity contribution in [3.8, 4) is 17.0 Å². The maximum Gasteiger partial charge on any atom is 0.162 e. The predicted molar refractivity (Wildman–Crippen MR) is 99.3 cm³/mol. The predicted octanol–water partition coefficient (Wildman–Crippen LogP) is 1.87. The molecule has 1 heterocycles. The topological polar surface area (TPSA) is 105 Å². The van der Waals surface area contributed by atoms with Gasteiger partial charge in [0.15, 0.2) is 5.82 Å². The first-order valence-corrected chi connectivity index (χ1v) is 8.26. The van der Waals surface area contributed by atoms with Gasteiger partial charge < -0.3 is 20.6 Å². The molecule has 0 aliphatic rings. The number of hydrogen-bond donors (Lipinski definition) is 4. The van der Waals surface area contributed by atoms with E-state index in [0.717, 1.165) is 16.8 Å². The van der Waals surface area contributed by atoms with Crippen LogP contribution in [-0.2, 0) is 0 Å². The number of nitrogens with two attached hydrogens (primary N) is 1. The lowest BCUT2D eigenvalue weighted by Crippen LogP contribution is -2.42. The fourth-order valence-electron chi connectivity index (χ4n) is 2.28. The van der Waals surface area contributed by atoms with Crippen molar-refractivity contribution in [3.05, 3.63) is 35.9 Å². The van der Waals surface area contributed by atoms with Crippen LogP contribution in [0.25, 0.3) is 11.3 Å². The Bertz CT molecular complexity index is 700. The second-order valence-electron chi connectivity index (χ2n) is 7.00. The molecule has 2 rings (SSSR count). The van der Waals surface area contributed by atoms with Crippen LogP contribution in [0.15, 0.2) is 30.3 Å². The summed E-state index contributed by atoms with van der Waals surface area (Å²) in [6.45, 7) is 8.74. The van der Waals surface area contributed by atoms with Crippen molar-refractivity contribution in [1.82, 2.24) is 15.5 Å². The molecule has 2 aromatic rings. The summed E-state index contributed by atoms with van der Waals surface area (Å²) >= 11 is 0. The number of ether oxygens (including phenoxy) is 1. The zero-order valence-electron chi connectivity index (χ0n) is 15.2. The van der Waals surface area contributed by atoms with E-state index in [9.17, 15) is 5.11 Å². The molecule has 1 unspecified atom stereocenters. The highest BCUT2D eigenvalue weighted by Gasteiger charge is 2.15. The van der Waals surface area contributed by atoms with Crippen LogP contribution in [-0.4, -0.2) is 40.1 Å². The molecule has 0 saturated heterocycles. The highest BCUT2D eigenvalue weighted by molar-refractivity contribution is 5.70. The standard InChI is InChI=1S/C18H27N5O2/c1-12-9-16(21-19)22-23-17(12)14-7-5-6-8-15(14)25-11-13(24)10-20-18(2,3)4/h5-9,13,20,24H,10-11,19H2,1-4H3,(H,21,22). The van der Waals surface area contributed by atoms with E-state index in [2.05, 4.69) is 41.7 Å². The molecule has 0 aliphatic heterocycles. The first-order chi connectivity index (χ1) is 11.8. The van der Waals surface area contributed by atoms with Crippen molar-refractivity contribution in [2.24, 2.45) is 5.84 Å². The number of hydrazine groups is 1. The van der Waals surface area contributed by atoms with Gasteiger partial charge in [-0.2, -0.15) is 0 Å². The number of benzene rings is 1. The number of rotatable bonds is 7. The van der Waals surface area contributed by atoms with E-state index in [-0.39, 0.29) is 12.1 Å². The second kappa shape index (κ2) is 8.24. The van der Waals surface area contributed by atoms with Gasteiger partial charge in [-0.15, -0.1) is 10.2 Å². The van der Waals surface area contributed by atoms with Crippen molar-refractivity contribution in [2.75, 3.05) is 18.6 Å². The molecule has 0 aliphatic carbocycles. The molecule has 1 atom stereocenters. The Morgan fingerprint density at radius 1 is 1.24 bits per heavy atom. The normalized spacial score (nSPS) is 12.7. The van der Waals surface area contributed by atoms with Gasteiger partial charge in [0.05, 0.1) is 5.69 Å². The number of nitrogens with one attached hydrogen (secondary N) is 2. The minimum Gasteiger partial charge on any atom is -0.490 e. The number of nitrogen functional groups attached to an aromatic ring is 1. The summed E-state index contributed by atoms with van der Waals surface area (Å²) < 4.78 is 5.83. The SMILES string of the molecule is Cc1cc(NN)nnc1-c1ccccc1OCC(O)CNC(C)(C)C. The molecule has 0 spiro atoms. The minimum atomic E-state index is -0.608. The number of nitrogens with zero attached hydrogens (tertiary/aromatic N) is 2. The van der Waals surface area contributed by atoms with Crippen LogP contribution in [0.4, 0.5) is 5.82 Å². The van der Waals surface area contributed by atoms with Crippen LogP contribution < -0.4 is 21.3 Å². The minimum absolute atomic E-state index is 0.0512. The molecule has 1 aromatic heterocycles. The highest BCUT2D eigenvalue weighted by atomic mass is 16.5. The molecular formula is C18H27N5O2. The second-order valence-corrected chi connectivity index (χ2v) is 7.00. The lowest BCUT2D eigenvalue weighted by molar-refractivity contribution is 0.100. The monoisotopic (exact) mass is 345 g/mol. The smallest absolute Gasteiger partial charge is 0.162 e. The molecule has 0 saturated carbocycles. The Morgan fingerprint density at radius 3 is 2.60 bits per heavy atom. The van der Waals surface area contributed by atoms with E-state index in [4.69, 9.17) is 10.6 Å². The average molecular weight is 345 g/mol. The van der Waals surface area contributed by atoms with E-state index in [0.29, 0.717) is 18.1 Å². The third-order valence-electron chi connectivity index (χ3n) is 3.57. The first kappa shape index (κ1) is 19.1. The van der Waals surface area contributed by atoms with Gasteiger partial charge in [-0.1, -0.05) is 12.1 Å². The number of hydrogen-bond acceptors (Lipinski definition) is 7. The number of para-hydroxylation sites is 1. The summed E-state index contributed by atoms with van der Waals surface area (Å²) in [7, 11) is 0. The van der Waals surface area contributed by atoms with Crippen molar-refractivity contribution in [1.29, 1.82) is 0 Å². The lowest BCUT2D eigenvalue weighted by Gasteiger charge is -2.23. The molecule has 7 heteroatoms. The Hall–Kier alpha value is -2.22. The summed E-state index contributed by atoms with van der Waals surface area (Å²) in [5, 5.41) is 21.6. The fraction of sp³-hybridized carbons (Fsp3) is 0.444. The molecule has 0 bridgehead atoms. The van der Waals surface area contributed by atoms with Gasteiger partial charge in [-0.3, -0.25) is 0 Å². The summed E-state index contributed by atoms with van der Waals surface area (Å²) in [5.74, 6) is 6.53. The van der Waals surface area contributed by atoms with Gasteiger partial charge in [0.25, 0.3) is 0 Å². The largest absolute Gasteiger partial charge is 0.490 e. The molecule has 0 radical (unpaired) electrons. The summed E-state index contributed by atoms with van der Waals surface area (Å²) in [5.41, 5.74) is 4.90. The van der Waals surface area contributed by atoms with Crippen molar-refractivity contribution in [2.45, 2.75) is 39.3 Å². The van der Waals surface area contributed by atoms with Gasteiger partial charge >= 0.3 is 0 Å². The van der Waals surface area contributed by atoms with Crippen LogP contribution in [0, 0.1) is 6.92 Å². The molecular weight excluding hydrogens is 318 g/mol. The third-order valence-corrected chi connectivity index (χ3v) is 3.57. The number of aliphatic hydroxyl groups is 1. The average Bonchev–Trinajstić information content (AvgIpc) is 2.57. The quantitative estimate of drug-likeness (QED) is 0.448. The van der Waals surface area contributed by atoms with Crippen molar-refractivity contribution >= 4 is 5.82 Å². The van der Waals surface area contributed by atoms with Crippen LogP contribution >= 0.6 is 0 Å². The Morgan fingerprint density at radius 2 is 1.96 bits per heavy atom. The zero-order chi connectivity index (χ0) is 18.4. The van der Waals surface area contributed by atoms with Crippen molar-refractivity contribution in [3.63, 3.8) is 0 Å². The first-order valence-electron chi connectivity index (χ1n) is 8.26. The molecule has 136 valence electrons. The van der Waals surface area contributed by atoms with E-state index >= 15 is 0 Å². The molecule has 0 amide bonds. The maximum absolute atomic E-state index is 10.1. The summed E-state index contributed by atoms with van der Waals surface area (Å²) in [6, 6.07) is 9.39. The Balaban J connectivity index is 2.11. The van der Waals surface area contributed by atoms with Crippen LogP contribution in [0.1, 0.15) is 26.3 Å². The van der Waals surface area contributed by atoms with E-state index in [1.54, 1.807) is 0 Å². The van der Waals surface area contributed by atoms with Crippen LogP contribution in [0.2, 0.25) is 0 Å². The molecule has 0 fully saturated rings. The lowest BCUT2D eigenvalue weighted by atomic mass is 10.1. The van der Waals surface area contributed by atoms with E-state index in [1.807, 2.05) is 37.3 Å². The van der Waals surface area contributed by atoms with Gasteiger partial charge in [0, 0.05) is 17.6 Å². The van der Waals surface area contributed by atoms with Gasteiger partial charge in [-0.25, -0.2) is 5.84 Å². The zero-order valence-corrected chi connectivity index (χ0v) is 15.2. The van der Waals surface area contributed by atoms with E-state index in [1.165, 1.54) is 0 Å². The number of anilines is 1. The maximum atomic E-state index is 10.1. The molecule has 25 heavy (non-hydrogen) atoms. The molecule has 5 N–H and O–H groups in total. The molecule has 1 aromatic carbocycles. The third kappa shape index (κ3) is 5.67. The van der Waals surface area contributed by atoms with E-state index < -0.39 is 6.10 Å². The van der Waals surface area contributed by atoms with Gasteiger partial charge in [0.2, 0.25) is 0 Å². The van der Waals surface area contributed by atoms with Gasteiger partial charge in [0.1, 0.15) is 18.5 Å². The van der Waals surface area contributed by atoms with Crippen molar-refractivity contribution < 1.29 is 9.84 Å². The molecule has 7 nitrogen and oxygen atoms in total. The fourth-order valence-corrected chi connectivity index (χ4v) is 2.28. The Kier molecular flexibility index (Phi) is 6.30. The number of aliphatic hydroxyl groups excluding tert-OH is 1. The van der Waals surface area contributed by atoms with Gasteiger partial charge in [-0.05, 0) is 51.5 Å². The summed E-state index contributed by atoms with van der Waals surface area (Å²) in [4.78, 5) is 0. The number of aromatic nitrogens is 2. The van der Waals surface area contributed by atoms with Crippen LogP contribution in [0.5, 0.6) is 5.75 Å². The number of aryl methyl sites for hydroxylation is 1. The highest BCUT2D eigenvalue weighted by Crippen LogP contribution is 2.30. The Labute approximate surface area is 148 Å². The number of β-amino-alcohol motifs (C(OH)–C–C–N with tert-alkyl or cyclic N) is 1. The summed E-state index contributed by atoms with van der Waals surface area (Å²) in [6.07, 6.45) is -0.608. The van der Waals surface area contributed by atoms with Crippen LogP contribution in [0.3, 0.4) is 0 Å².